The molecule has 0 saturated carbocycles. The van der Waals surface area contributed by atoms with Gasteiger partial charge in [0.05, 0.1) is 11.1 Å². The van der Waals surface area contributed by atoms with Crippen molar-refractivity contribution in [2.45, 2.75) is 64.5 Å². The monoisotopic (exact) mass is 411 g/mol. The van der Waals surface area contributed by atoms with Gasteiger partial charge in [-0.1, -0.05) is 0 Å². The Balaban J connectivity index is 1.82. The Kier molecular flexibility index (Phi) is 5.96. The first-order chi connectivity index (χ1) is 14.5. The van der Waals surface area contributed by atoms with Crippen LogP contribution < -0.4 is 9.80 Å². The number of anilines is 2. The zero-order valence-corrected chi connectivity index (χ0v) is 17.6. The van der Waals surface area contributed by atoms with E-state index in [1.54, 1.807) is 12.3 Å². The fraction of sp³-hybridized carbons (Fsp3) is 0.571. The summed E-state index contributed by atoms with van der Waals surface area (Å²) in [7, 11) is 0. The van der Waals surface area contributed by atoms with Gasteiger partial charge in [-0.3, -0.25) is 10.1 Å². The van der Waals surface area contributed by atoms with Crippen LogP contribution in [0.5, 0.6) is 0 Å². The van der Waals surface area contributed by atoms with E-state index in [2.05, 4.69) is 38.9 Å². The molecule has 2 aromatic rings. The SMILES string of the molecule is C[C@@H]1CCCCN1c1cc(N2CCCC[C@@H]2C)c(/C=N\n2cnnc2)cc1[N+](=O)[O-]. The van der Waals surface area contributed by atoms with Gasteiger partial charge < -0.3 is 9.80 Å². The Morgan fingerprint density at radius 3 is 2.17 bits per heavy atom. The Labute approximate surface area is 176 Å². The van der Waals surface area contributed by atoms with Crippen LogP contribution in [0.15, 0.2) is 29.9 Å². The molecule has 2 saturated heterocycles. The number of benzene rings is 1. The molecule has 0 N–H and O–H groups in total. The van der Waals surface area contributed by atoms with E-state index in [1.807, 2.05) is 6.07 Å². The summed E-state index contributed by atoms with van der Waals surface area (Å²) in [6.45, 7) is 6.19. The summed E-state index contributed by atoms with van der Waals surface area (Å²) in [6.07, 6.45) is 11.4. The maximum Gasteiger partial charge on any atom is 0.293 e. The Hall–Kier alpha value is -2.97. The minimum absolute atomic E-state index is 0.141. The number of hydrogen-bond acceptors (Lipinski definition) is 7. The fourth-order valence-corrected chi connectivity index (χ4v) is 4.61. The smallest absolute Gasteiger partial charge is 0.293 e. The normalized spacial score (nSPS) is 22.6. The zero-order valence-electron chi connectivity index (χ0n) is 17.6. The summed E-state index contributed by atoms with van der Waals surface area (Å²) >= 11 is 0. The quantitative estimate of drug-likeness (QED) is 0.422. The van der Waals surface area contributed by atoms with Gasteiger partial charge >= 0.3 is 0 Å². The van der Waals surface area contributed by atoms with E-state index in [1.165, 1.54) is 30.2 Å². The van der Waals surface area contributed by atoms with Crippen LogP contribution in [0.3, 0.4) is 0 Å². The highest BCUT2D eigenvalue weighted by atomic mass is 16.6. The number of nitro groups is 1. The van der Waals surface area contributed by atoms with Crippen LogP contribution in [0, 0.1) is 10.1 Å². The maximum atomic E-state index is 12.0. The predicted molar refractivity (Wildman–Crippen MR) is 117 cm³/mol. The molecule has 9 heteroatoms. The van der Waals surface area contributed by atoms with E-state index in [-0.39, 0.29) is 10.6 Å². The highest BCUT2D eigenvalue weighted by Crippen LogP contribution is 2.39. The van der Waals surface area contributed by atoms with Crippen LogP contribution in [0.1, 0.15) is 57.9 Å². The van der Waals surface area contributed by atoms with Crippen molar-refractivity contribution in [3.63, 3.8) is 0 Å². The van der Waals surface area contributed by atoms with E-state index in [0.717, 1.165) is 55.7 Å². The summed E-state index contributed by atoms with van der Waals surface area (Å²) in [5.41, 5.74) is 2.62. The topological polar surface area (TPSA) is 92.7 Å². The molecule has 2 fully saturated rings. The minimum atomic E-state index is -0.268. The highest BCUT2D eigenvalue weighted by Gasteiger charge is 2.30. The van der Waals surface area contributed by atoms with Crippen molar-refractivity contribution in [2.75, 3.05) is 22.9 Å². The summed E-state index contributed by atoms with van der Waals surface area (Å²) in [5, 5.41) is 23.9. The molecule has 30 heavy (non-hydrogen) atoms. The molecule has 0 spiro atoms. The molecule has 9 nitrogen and oxygen atoms in total. The standard InChI is InChI=1S/C21H29N7O2/c1-16-7-3-5-9-26(16)19-12-20(27-10-6-4-8-17(27)2)21(28(29)30)11-18(19)13-24-25-14-22-23-15-25/h11-17H,3-10H2,1-2H3/b24-13-/t16-,17+/m0/s1. The molecule has 2 atom stereocenters. The van der Waals surface area contributed by atoms with Crippen molar-refractivity contribution in [2.24, 2.45) is 5.10 Å². The lowest BCUT2D eigenvalue weighted by Crippen LogP contribution is -2.40. The lowest BCUT2D eigenvalue weighted by atomic mass is 9.98. The van der Waals surface area contributed by atoms with Crippen molar-refractivity contribution in [3.05, 3.63) is 40.5 Å². The van der Waals surface area contributed by atoms with E-state index in [0.29, 0.717) is 12.1 Å². The first kappa shape index (κ1) is 20.3. The van der Waals surface area contributed by atoms with Gasteiger partial charge in [0.25, 0.3) is 5.69 Å². The highest BCUT2D eigenvalue weighted by molar-refractivity contribution is 5.92. The van der Waals surface area contributed by atoms with Crippen LogP contribution in [-0.4, -0.2) is 51.2 Å². The van der Waals surface area contributed by atoms with Crippen LogP contribution in [0.4, 0.5) is 17.1 Å². The van der Waals surface area contributed by atoms with E-state index in [4.69, 9.17) is 0 Å². The Morgan fingerprint density at radius 2 is 1.60 bits per heavy atom. The summed E-state index contributed by atoms with van der Waals surface area (Å²) < 4.78 is 1.50. The summed E-state index contributed by atoms with van der Waals surface area (Å²) in [4.78, 5) is 16.3. The third kappa shape index (κ3) is 4.15. The lowest BCUT2D eigenvalue weighted by molar-refractivity contribution is -0.384. The number of hydrogen-bond donors (Lipinski definition) is 0. The molecule has 1 aromatic carbocycles. The minimum Gasteiger partial charge on any atom is -0.368 e. The second-order valence-corrected chi connectivity index (χ2v) is 8.32. The first-order valence-electron chi connectivity index (χ1n) is 10.8. The third-order valence-corrected chi connectivity index (χ3v) is 6.28. The number of nitrogens with zero attached hydrogens (tertiary/aromatic N) is 7. The summed E-state index contributed by atoms with van der Waals surface area (Å²) in [5.74, 6) is 0. The summed E-state index contributed by atoms with van der Waals surface area (Å²) in [6, 6.07) is 4.38. The molecular weight excluding hydrogens is 382 g/mol. The molecule has 0 radical (unpaired) electrons. The Bertz CT molecular complexity index is 912. The third-order valence-electron chi connectivity index (χ3n) is 6.28. The van der Waals surface area contributed by atoms with Gasteiger partial charge in [0.1, 0.15) is 18.3 Å². The van der Waals surface area contributed by atoms with Crippen LogP contribution in [0.2, 0.25) is 0 Å². The van der Waals surface area contributed by atoms with E-state index in [9.17, 15) is 10.1 Å². The molecule has 160 valence electrons. The molecule has 1 aromatic heterocycles. The molecular formula is C21H29N7O2. The lowest BCUT2D eigenvalue weighted by Gasteiger charge is -2.39. The maximum absolute atomic E-state index is 12.0. The molecule has 0 unspecified atom stereocenters. The van der Waals surface area contributed by atoms with Gasteiger partial charge in [0.15, 0.2) is 0 Å². The largest absolute Gasteiger partial charge is 0.368 e. The number of nitro benzene ring substituents is 1. The van der Waals surface area contributed by atoms with Gasteiger partial charge in [-0.25, -0.2) is 4.68 Å². The molecule has 2 aliphatic heterocycles. The van der Waals surface area contributed by atoms with Gasteiger partial charge in [-0.05, 0) is 58.4 Å². The fourth-order valence-electron chi connectivity index (χ4n) is 4.61. The average molecular weight is 412 g/mol. The van der Waals surface area contributed by atoms with Crippen LogP contribution in [-0.2, 0) is 0 Å². The number of aromatic nitrogens is 3. The number of piperidine rings is 2. The molecule has 0 amide bonds. The Morgan fingerprint density at radius 1 is 1.00 bits per heavy atom. The predicted octanol–water partition coefficient (Wildman–Crippen LogP) is 3.83. The second-order valence-electron chi connectivity index (χ2n) is 8.32. The van der Waals surface area contributed by atoms with Crippen molar-refractivity contribution >= 4 is 23.3 Å². The van der Waals surface area contributed by atoms with Crippen molar-refractivity contribution in [1.29, 1.82) is 0 Å². The average Bonchev–Trinajstić information content (AvgIpc) is 3.26. The second kappa shape index (κ2) is 8.81. The molecule has 0 aliphatic carbocycles. The molecule has 0 bridgehead atoms. The van der Waals surface area contributed by atoms with Gasteiger partial charge in [0, 0.05) is 42.5 Å². The van der Waals surface area contributed by atoms with Gasteiger partial charge in [0.2, 0.25) is 0 Å². The first-order valence-corrected chi connectivity index (χ1v) is 10.8. The van der Waals surface area contributed by atoms with Crippen LogP contribution >= 0.6 is 0 Å². The molecule has 4 rings (SSSR count). The zero-order chi connectivity index (χ0) is 21.1. The van der Waals surface area contributed by atoms with Crippen LogP contribution in [0.25, 0.3) is 0 Å². The van der Waals surface area contributed by atoms with Gasteiger partial charge in [-0.2, -0.15) is 5.10 Å². The van der Waals surface area contributed by atoms with E-state index < -0.39 is 0 Å². The molecule has 3 heterocycles. The van der Waals surface area contributed by atoms with Gasteiger partial charge in [-0.15, -0.1) is 10.2 Å². The number of rotatable bonds is 5. The van der Waals surface area contributed by atoms with E-state index >= 15 is 0 Å². The van der Waals surface area contributed by atoms with Crippen molar-refractivity contribution in [3.8, 4) is 0 Å². The molecule has 2 aliphatic rings. The van der Waals surface area contributed by atoms with Crippen molar-refractivity contribution in [1.82, 2.24) is 14.9 Å². The van der Waals surface area contributed by atoms with Crippen molar-refractivity contribution < 1.29 is 4.92 Å².